The summed E-state index contributed by atoms with van der Waals surface area (Å²) in [5, 5.41) is 0.279. The van der Waals surface area contributed by atoms with E-state index in [9.17, 15) is 8.42 Å². The fraction of sp³-hybridized carbons (Fsp3) is 0. The molecule has 0 aliphatic rings. The van der Waals surface area contributed by atoms with E-state index in [1.54, 1.807) is 30.3 Å². The van der Waals surface area contributed by atoms with Crippen LogP contribution in [0.5, 0.6) is 0 Å². The molecule has 0 aliphatic heterocycles. The molecule has 120 valence electrons. The summed E-state index contributed by atoms with van der Waals surface area (Å²) < 4.78 is 56.1. The first-order valence-corrected chi connectivity index (χ1v) is 9.11. The van der Waals surface area contributed by atoms with Crippen molar-refractivity contribution < 1.29 is 25.9 Å². The maximum Gasteiger partial charge on any atom is 0.394 e. The summed E-state index contributed by atoms with van der Waals surface area (Å²) in [6, 6.07) is 12.7. The molecule has 2 aromatic rings. The van der Waals surface area contributed by atoms with Crippen molar-refractivity contribution in [2.45, 2.75) is 9.79 Å². The minimum Gasteiger partial charge on any atom is -0.264 e. The largest absolute Gasteiger partial charge is 0.394 e. The maximum atomic E-state index is 12.3. The van der Waals surface area contributed by atoms with E-state index < -0.39 is 20.2 Å². The van der Waals surface area contributed by atoms with Crippen molar-refractivity contribution >= 4 is 43.4 Å². The van der Waals surface area contributed by atoms with Crippen molar-refractivity contribution in [2.24, 2.45) is 0 Å². The molecule has 2 N–H and O–H groups in total. The first kappa shape index (κ1) is 18.9. The smallest absolute Gasteiger partial charge is 0.264 e. The average molecular weight is 385 g/mol. The van der Waals surface area contributed by atoms with Crippen LogP contribution in [-0.4, -0.2) is 25.9 Å². The van der Waals surface area contributed by atoms with Gasteiger partial charge >= 0.3 is 10.4 Å². The third kappa shape index (κ3) is 5.56. The van der Waals surface area contributed by atoms with Crippen molar-refractivity contribution in [1.29, 1.82) is 0 Å². The zero-order chi connectivity index (χ0) is 17.0. The monoisotopic (exact) mass is 384 g/mol. The quantitative estimate of drug-likeness (QED) is 0.769. The topological polar surface area (TPSA) is 109 Å². The Balaban J connectivity index is 0.000000422. The van der Waals surface area contributed by atoms with Crippen LogP contribution in [0.1, 0.15) is 0 Å². The molecule has 22 heavy (non-hydrogen) atoms. The van der Waals surface area contributed by atoms with Gasteiger partial charge in [-0.05, 0) is 24.3 Å². The van der Waals surface area contributed by atoms with Gasteiger partial charge < -0.3 is 0 Å². The van der Waals surface area contributed by atoms with Gasteiger partial charge in [-0.15, -0.1) is 0 Å². The number of hydrogen-bond acceptors (Lipinski definition) is 4. The zero-order valence-electron chi connectivity index (χ0n) is 10.7. The highest BCUT2D eigenvalue weighted by molar-refractivity contribution is 7.91. The average Bonchev–Trinajstić information content (AvgIpc) is 2.41. The maximum absolute atomic E-state index is 12.3. The summed E-state index contributed by atoms with van der Waals surface area (Å²) in [6.45, 7) is 0. The van der Waals surface area contributed by atoms with Crippen molar-refractivity contribution in [3.05, 3.63) is 58.6 Å². The van der Waals surface area contributed by atoms with Crippen LogP contribution in [0.15, 0.2) is 58.3 Å². The van der Waals surface area contributed by atoms with Crippen molar-refractivity contribution in [3.8, 4) is 0 Å². The number of halogens is 2. The van der Waals surface area contributed by atoms with Gasteiger partial charge in [0.2, 0.25) is 9.84 Å². The molecule has 0 heterocycles. The fourth-order valence-electron chi connectivity index (χ4n) is 1.42. The lowest BCUT2D eigenvalue weighted by molar-refractivity contribution is 0.381. The predicted molar refractivity (Wildman–Crippen MR) is 82.5 cm³/mol. The van der Waals surface area contributed by atoms with Crippen molar-refractivity contribution in [2.75, 3.05) is 0 Å². The van der Waals surface area contributed by atoms with Crippen LogP contribution >= 0.6 is 23.2 Å². The second kappa shape index (κ2) is 7.40. The summed E-state index contributed by atoms with van der Waals surface area (Å²) in [5.74, 6) is 0. The fourth-order valence-corrected chi connectivity index (χ4v) is 3.45. The highest BCUT2D eigenvalue weighted by Gasteiger charge is 2.21. The molecule has 2 aromatic carbocycles. The number of rotatable bonds is 2. The number of hydrogen-bond donors (Lipinski definition) is 2. The summed E-state index contributed by atoms with van der Waals surface area (Å²) in [5.41, 5.74) is 0. The Morgan fingerprint density at radius 1 is 0.773 bits per heavy atom. The van der Waals surface area contributed by atoms with E-state index in [0.29, 0.717) is 0 Å². The van der Waals surface area contributed by atoms with Gasteiger partial charge in [0.1, 0.15) is 0 Å². The highest BCUT2D eigenvalue weighted by Crippen LogP contribution is 2.32. The summed E-state index contributed by atoms with van der Waals surface area (Å²) in [4.78, 5) is 0.224. The Labute approximate surface area is 137 Å². The molecule has 0 spiro atoms. The van der Waals surface area contributed by atoms with E-state index in [1.165, 1.54) is 18.2 Å². The molecular weight excluding hydrogens is 375 g/mol. The SMILES string of the molecule is O=S(=O)(O)O.O=S(=O)(c1ccccc1)c1cccc(Cl)c1Cl. The number of benzene rings is 2. The molecule has 0 aliphatic carbocycles. The van der Waals surface area contributed by atoms with E-state index in [0.717, 1.165) is 0 Å². The molecule has 0 atom stereocenters. The van der Waals surface area contributed by atoms with Crippen molar-refractivity contribution in [1.82, 2.24) is 0 Å². The summed E-state index contributed by atoms with van der Waals surface area (Å²) in [6.07, 6.45) is 0. The van der Waals surface area contributed by atoms with Crippen LogP contribution in [0.2, 0.25) is 10.0 Å². The predicted octanol–water partition coefficient (Wildman–Crippen LogP) is 3.17. The molecule has 0 aromatic heterocycles. The van der Waals surface area contributed by atoms with E-state index >= 15 is 0 Å². The van der Waals surface area contributed by atoms with Crippen LogP contribution in [0.3, 0.4) is 0 Å². The van der Waals surface area contributed by atoms with Crippen LogP contribution in [-0.2, 0) is 20.2 Å². The molecule has 0 unspecified atom stereocenters. The van der Waals surface area contributed by atoms with Gasteiger partial charge in [0.05, 0.1) is 19.8 Å². The minimum absolute atomic E-state index is 0.0258. The standard InChI is InChI=1S/C12H8Cl2O2S.H2O4S/c13-10-7-4-8-11(12(10)14)17(15,16)9-5-2-1-3-6-9;1-5(2,3)4/h1-8H;(H2,1,2,3,4). The second-order valence-electron chi connectivity index (χ2n) is 3.82. The first-order chi connectivity index (χ1) is 10.0. The van der Waals surface area contributed by atoms with Gasteiger partial charge in [0.15, 0.2) is 0 Å². The summed E-state index contributed by atoms with van der Waals surface area (Å²) >= 11 is 11.7. The van der Waals surface area contributed by atoms with Crippen LogP contribution in [0.25, 0.3) is 0 Å². The van der Waals surface area contributed by atoms with Crippen LogP contribution in [0, 0.1) is 0 Å². The van der Waals surface area contributed by atoms with Crippen LogP contribution in [0.4, 0.5) is 0 Å². The summed E-state index contributed by atoms with van der Waals surface area (Å²) in [7, 11) is -8.28. The van der Waals surface area contributed by atoms with E-state index in [4.69, 9.17) is 40.7 Å². The molecule has 0 radical (unpaired) electrons. The Bertz CT molecular complexity index is 840. The third-order valence-corrected chi connectivity index (χ3v) is 5.00. The number of sulfone groups is 1. The van der Waals surface area contributed by atoms with E-state index in [2.05, 4.69) is 0 Å². The second-order valence-corrected chi connectivity index (χ2v) is 7.42. The molecule has 0 fully saturated rings. The van der Waals surface area contributed by atoms with E-state index in [1.807, 2.05) is 0 Å². The van der Waals surface area contributed by atoms with Gasteiger partial charge in [-0.25, -0.2) is 8.42 Å². The minimum atomic E-state index is -4.67. The molecule has 0 saturated heterocycles. The molecule has 0 bridgehead atoms. The third-order valence-electron chi connectivity index (χ3n) is 2.26. The Morgan fingerprint density at radius 2 is 1.27 bits per heavy atom. The Hall–Kier alpha value is -1.16. The molecule has 6 nitrogen and oxygen atoms in total. The molecule has 0 amide bonds. The molecule has 10 heteroatoms. The lowest BCUT2D eigenvalue weighted by atomic mass is 10.4. The normalized spacial score (nSPS) is 11.5. The van der Waals surface area contributed by atoms with E-state index in [-0.39, 0.29) is 19.8 Å². The van der Waals surface area contributed by atoms with Gasteiger partial charge in [-0.2, -0.15) is 8.42 Å². The van der Waals surface area contributed by atoms with Crippen LogP contribution < -0.4 is 0 Å². The Morgan fingerprint density at radius 3 is 1.77 bits per heavy atom. The van der Waals surface area contributed by atoms with Gasteiger partial charge in [0, 0.05) is 0 Å². The molecular formula is C12H10Cl2O6S2. The lowest BCUT2D eigenvalue weighted by Crippen LogP contribution is -2.02. The molecule has 0 saturated carbocycles. The lowest BCUT2D eigenvalue weighted by Gasteiger charge is -2.07. The Kier molecular flexibility index (Phi) is 6.36. The van der Waals surface area contributed by atoms with Gasteiger partial charge in [-0.1, -0.05) is 47.5 Å². The first-order valence-electron chi connectivity index (χ1n) is 5.47. The molecule has 2 rings (SSSR count). The zero-order valence-corrected chi connectivity index (χ0v) is 13.9. The van der Waals surface area contributed by atoms with Gasteiger partial charge in [0.25, 0.3) is 0 Å². The highest BCUT2D eigenvalue weighted by atomic mass is 35.5. The van der Waals surface area contributed by atoms with Crippen molar-refractivity contribution in [3.63, 3.8) is 0 Å². The van der Waals surface area contributed by atoms with Gasteiger partial charge in [-0.3, -0.25) is 9.11 Å².